The fourth-order valence-electron chi connectivity index (χ4n) is 1.55. The van der Waals surface area contributed by atoms with E-state index < -0.39 is 0 Å². The van der Waals surface area contributed by atoms with Gasteiger partial charge in [0.1, 0.15) is 0 Å². The van der Waals surface area contributed by atoms with Crippen molar-refractivity contribution >= 4 is 54.8 Å². The zero-order valence-electron chi connectivity index (χ0n) is 8.58. The van der Waals surface area contributed by atoms with Crippen molar-refractivity contribution in [2.45, 2.75) is 6.04 Å². The van der Waals surface area contributed by atoms with Crippen LogP contribution in [0.3, 0.4) is 0 Å². The number of nitrogens with two attached hydrogens (primary N) is 1. The first-order chi connectivity index (χ1) is 8.13. The van der Waals surface area contributed by atoms with Crippen molar-refractivity contribution in [1.82, 2.24) is 5.43 Å². The number of hydrogen-bond acceptors (Lipinski definition) is 3. The fourth-order valence-corrected chi connectivity index (χ4v) is 4.07. The molecule has 90 valence electrons. The Morgan fingerprint density at radius 2 is 2.06 bits per heavy atom. The second kappa shape index (κ2) is 5.82. The van der Waals surface area contributed by atoms with Gasteiger partial charge in [-0.3, -0.25) is 5.84 Å². The highest BCUT2D eigenvalue weighted by Crippen LogP contribution is 2.36. The van der Waals surface area contributed by atoms with E-state index in [0.717, 1.165) is 24.4 Å². The van der Waals surface area contributed by atoms with Crippen molar-refractivity contribution in [3.8, 4) is 0 Å². The lowest BCUT2D eigenvalue weighted by molar-refractivity contribution is 0.644. The molecular formula is C11H9Br2ClN2S. The molecule has 0 saturated carbocycles. The highest BCUT2D eigenvalue weighted by atomic mass is 79.9. The molecule has 0 amide bonds. The van der Waals surface area contributed by atoms with Gasteiger partial charge >= 0.3 is 0 Å². The van der Waals surface area contributed by atoms with Crippen molar-refractivity contribution in [3.63, 3.8) is 0 Å². The second-order valence-electron chi connectivity index (χ2n) is 3.40. The summed E-state index contributed by atoms with van der Waals surface area (Å²) in [5, 5.41) is 2.68. The third-order valence-electron chi connectivity index (χ3n) is 2.35. The Kier molecular flexibility index (Phi) is 4.63. The van der Waals surface area contributed by atoms with Crippen LogP contribution in [0.4, 0.5) is 0 Å². The molecule has 1 aromatic heterocycles. The summed E-state index contributed by atoms with van der Waals surface area (Å²) in [6, 6.07) is 7.74. The van der Waals surface area contributed by atoms with Crippen molar-refractivity contribution in [2.24, 2.45) is 5.84 Å². The second-order valence-corrected chi connectivity index (χ2v) is 6.52. The molecule has 1 heterocycles. The van der Waals surface area contributed by atoms with Gasteiger partial charge in [0.05, 0.1) is 11.1 Å². The minimum Gasteiger partial charge on any atom is -0.271 e. The van der Waals surface area contributed by atoms with Crippen molar-refractivity contribution in [3.05, 3.63) is 54.1 Å². The van der Waals surface area contributed by atoms with Gasteiger partial charge in [0.2, 0.25) is 0 Å². The van der Waals surface area contributed by atoms with E-state index in [9.17, 15) is 0 Å². The third-order valence-corrected chi connectivity index (χ3v) is 4.95. The molecule has 0 radical (unpaired) electrons. The van der Waals surface area contributed by atoms with Gasteiger partial charge in [-0.2, -0.15) is 0 Å². The maximum absolute atomic E-state index is 6.14. The SMILES string of the molecule is NNC(c1ccc(Br)cc1Br)c1sccc1Cl. The van der Waals surface area contributed by atoms with Gasteiger partial charge in [-0.15, -0.1) is 11.3 Å². The molecule has 6 heteroatoms. The zero-order valence-corrected chi connectivity index (χ0v) is 13.3. The zero-order chi connectivity index (χ0) is 12.4. The molecule has 0 saturated heterocycles. The van der Waals surface area contributed by atoms with Crippen LogP contribution in [0.2, 0.25) is 5.02 Å². The summed E-state index contributed by atoms with van der Waals surface area (Å²) in [4.78, 5) is 1.01. The standard InChI is InChI=1S/C11H9Br2ClN2S/c12-6-1-2-7(8(13)5-6)10(16-15)11-9(14)3-4-17-11/h1-5,10,16H,15H2. The predicted octanol–water partition coefficient (Wildman–Crippen LogP) is 4.48. The quantitative estimate of drug-likeness (QED) is 0.593. The molecule has 1 unspecified atom stereocenters. The van der Waals surface area contributed by atoms with E-state index in [-0.39, 0.29) is 6.04 Å². The number of benzene rings is 1. The van der Waals surface area contributed by atoms with E-state index in [1.165, 1.54) is 0 Å². The van der Waals surface area contributed by atoms with Crippen LogP contribution in [0.25, 0.3) is 0 Å². The number of rotatable bonds is 3. The molecule has 2 rings (SSSR count). The Balaban J connectivity index is 2.46. The lowest BCUT2D eigenvalue weighted by Gasteiger charge is -2.17. The molecule has 0 bridgehead atoms. The van der Waals surface area contributed by atoms with Crippen molar-refractivity contribution in [2.75, 3.05) is 0 Å². The van der Waals surface area contributed by atoms with E-state index in [4.69, 9.17) is 17.4 Å². The third kappa shape index (κ3) is 2.92. The molecule has 1 aromatic carbocycles. The average molecular weight is 397 g/mol. The fraction of sp³-hybridized carbons (Fsp3) is 0.0909. The van der Waals surface area contributed by atoms with Crippen molar-refractivity contribution in [1.29, 1.82) is 0 Å². The van der Waals surface area contributed by atoms with Crippen LogP contribution in [0.15, 0.2) is 38.6 Å². The summed E-state index contributed by atoms with van der Waals surface area (Å²) in [5.74, 6) is 5.64. The van der Waals surface area contributed by atoms with E-state index in [1.807, 2.05) is 29.6 Å². The molecule has 0 aliphatic heterocycles. The van der Waals surface area contributed by atoms with Crippen LogP contribution >= 0.6 is 54.8 Å². The van der Waals surface area contributed by atoms with Crippen molar-refractivity contribution < 1.29 is 0 Å². The average Bonchev–Trinajstić information content (AvgIpc) is 2.69. The van der Waals surface area contributed by atoms with E-state index in [1.54, 1.807) is 11.3 Å². The van der Waals surface area contributed by atoms with Crippen LogP contribution in [0.5, 0.6) is 0 Å². The maximum Gasteiger partial charge on any atom is 0.0828 e. The van der Waals surface area contributed by atoms with Crippen LogP contribution in [0.1, 0.15) is 16.5 Å². The smallest absolute Gasteiger partial charge is 0.0828 e. The number of thiophene rings is 1. The van der Waals surface area contributed by atoms with Crippen LogP contribution in [-0.2, 0) is 0 Å². The maximum atomic E-state index is 6.14. The Morgan fingerprint density at radius 3 is 2.59 bits per heavy atom. The molecule has 2 aromatic rings. The molecule has 0 aliphatic rings. The Labute approximate surface area is 125 Å². The first-order valence-corrected chi connectivity index (χ1v) is 7.62. The highest BCUT2D eigenvalue weighted by molar-refractivity contribution is 9.11. The lowest BCUT2D eigenvalue weighted by atomic mass is 10.1. The van der Waals surface area contributed by atoms with Crippen LogP contribution < -0.4 is 11.3 Å². The van der Waals surface area contributed by atoms with Gasteiger partial charge in [0.25, 0.3) is 0 Å². The Morgan fingerprint density at radius 1 is 1.29 bits per heavy atom. The number of halogens is 3. The first-order valence-electron chi connectivity index (χ1n) is 4.77. The van der Waals surface area contributed by atoms with Gasteiger partial charge in [-0.1, -0.05) is 49.5 Å². The molecular weight excluding hydrogens is 387 g/mol. The summed E-state index contributed by atoms with van der Waals surface area (Å²) in [5.41, 5.74) is 3.86. The monoisotopic (exact) mass is 394 g/mol. The van der Waals surface area contributed by atoms with Crippen LogP contribution in [-0.4, -0.2) is 0 Å². The highest BCUT2D eigenvalue weighted by Gasteiger charge is 2.19. The lowest BCUT2D eigenvalue weighted by Crippen LogP contribution is -2.28. The van der Waals surface area contributed by atoms with E-state index >= 15 is 0 Å². The van der Waals surface area contributed by atoms with Crippen LogP contribution in [0, 0.1) is 0 Å². The molecule has 3 N–H and O–H groups in total. The summed E-state index contributed by atoms with van der Waals surface area (Å²) < 4.78 is 2.00. The minimum atomic E-state index is -0.107. The number of hydrogen-bond donors (Lipinski definition) is 2. The number of hydrazine groups is 1. The molecule has 1 atom stereocenters. The normalized spacial score (nSPS) is 12.7. The molecule has 2 nitrogen and oxygen atoms in total. The Hall–Kier alpha value is 0.0900. The van der Waals surface area contributed by atoms with E-state index in [0.29, 0.717) is 0 Å². The topological polar surface area (TPSA) is 38.0 Å². The number of nitrogens with one attached hydrogen (secondary N) is 1. The van der Waals surface area contributed by atoms with Gasteiger partial charge in [-0.05, 0) is 29.1 Å². The van der Waals surface area contributed by atoms with E-state index in [2.05, 4.69) is 37.3 Å². The molecule has 0 fully saturated rings. The first kappa shape index (κ1) is 13.5. The van der Waals surface area contributed by atoms with Gasteiger partial charge < -0.3 is 0 Å². The molecule has 0 spiro atoms. The van der Waals surface area contributed by atoms with Gasteiger partial charge in [0, 0.05) is 13.8 Å². The predicted molar refractivity (Wildman–Crippen MR) is 80.3 cm³/mol. The molecule has 0 aliphatic carbocycles. The summed E-state index contributed by atoms with van der Waals surface area (Å²) in [6.07, 6.45) is 0. The van der Waals surface area contributed by atoms with Gasteiger partial charge in [0.15, 0.2) is 0 Å². The van der Waals surface area contributed by atoms with Gasteiger partial charge in [-0.25, -0.2) is 5.43 Å². The summed E-state index contributed by atoms with van der Waals surface area (Å²) in [7, 11) is 0. The summed E-state index contributed by atoms with van der Waals surface area (Å²) >= 11 is 14.7. The Bertz CT molecular complexity index is 530. The largest absolute Gasteiger partial charge is 0.271 e. The minimum absolute atomic E-state index is 0.107. The summed E-state index contributed by atoms with van der Waals surface area (Å²) in [6.45, 7) is 0. The molecule has 17 heavy (non-hydrogen) atoms.